The number of hydrogen-bond acceptors (Lipinski definition) is 3. The fourth-order valence-electron chi connectivity index (χ4n) is 1.42. The first kappa shape index (κ1) is 12.0. The Morgan fingerprint density at radius 1 is 1.40 bits per heavy atom. The van der Waals surface area contributed by atoms with Crippen molar-refractivity contribution in [1.82, 2.24) is 15.0 Å². The van der Waals surface area contributed by atoms with Crippen molar-refractivity contribution in [3.63, 3.8) is 0 Å². The SMILES string of the molecule is CCCCCn1nnc(CN)c1C(F)F. The molecule has 0 spiro atoms. The van der Waals surface area contributed by atoms with E-state index in [4.69, 9.17) is 5.73 Å². The second kappa shape index (κ2) is 5.75. The summed E-state index contributed by atoms with van der Waals surface area (Å²) >= 11 is 0. The number of nitrogens with zero attached hydrogens (tertiary/aromatic N) is 3. The maximum Gasteiger partial charge on any atom is 0.281 e. The van der Waals surface area contributed by atoms with Gasteiger partial charge < -0.3 is 5.73 Å². The molecule has 0 aliphatic heterocycles. The summed E-state index contributed by atoms with van der Waals surface area (Å²) in [6, 6.07) is 0. The highest BCUT2D eigenvalue weighted by Crippen LogP contribution is 2.21. The first-order chi connectivity index (χ1) is 7.20. The van der Waals surface area contributed by atoms with Gasteiger partial charge in [-0.1, -0.05) is 25.0 Å². The summed E-state index contributed by atoms with van der Waals surface area (Å²) in [7, 11) is 0. The van der Waals surface area contributed by atoms with E-state index in [-0.39, 0.29) is 17.9 Å². The van der Waals surface area contributed by atoms with E-state index in [9.17, 15) is 8.78 Å². The maximum atomic E-state index is 12.7. The Bertz CT molecular complexity index is 298. The van der Waals surface area contributed by atoms with E-state index in [1.54, 1.807) is 0 Å². The van der Waals surface area contributed by atoms with Crippen molar-refractivity contribution in [3.05, 3.63) is 11.4 Å². The minimum Gasteiger partial charge on any atom is -0.325 e. The Hall–Kier alpha value is -1.04. The molecule has 1 heterocycles. The van der Waals surface area contributed by atoms with Crippen molar-refractivity contribution in [3.8, 4) is 0 Å². The third-order valence-electron chi connectivity index (χ3n) is 2.22. The zero-order valence-electron chi connectivity index (χ0n) is 8.79. The van der Waals surface area contributed by atoms with Crippen LogP contribution < -0.4 is 5.73 Å². The number of halogens is 2. The van der Waals surface area contributed by atoms with Crippen LogP contribution in [-0.2, 0) is 13.1 Å². The molecule has 0 amide bonds. The number of unbranched alkanes of at least 4 members (excludes halogenated alkanes) is 2. The predicted molar refractivity (Wildman–Crippen MR) is 52.4 cm³/mol. The highest BCUT2D eigenvalue weighted by molar-refractivity contribution is 5.11. The standard InChI is InChI=1S/C9H16F2N4/c1-2-3-4-5-15-8(9(10)11)7(6-12)13-14-15/h9H,2-6,12H2,1H3. The molecular weight excluding hydrogens is 202 g/mol. The number of alkyl halides is 2. The molecule has 0 bridgehead atoms. The van der Waals surface area contributed by atoms with Crippen LogP contribution in [0.1, 0.15) is 44.0 Å². The lowest BCUT2D eigenvalue weighted by Crippen LogP contribution is -2.08. The van der Waals surface area contributed by atoms with Crippen molar-refractivity contribution in [2.45, 2.75) is 45.7 Å². The van der Waals surface area contributed by atoms with Crippen LogP contribution in [0.15, 0.2) is 0 Å². The zero-order chi connectivity index (χ0) is 11.3. The lowest BCUT2D eigenvalue weighted by molar-refractivity contribution is 0.137. The highest BCUT2D eigenvalue weighted by atomic mass is 19.3. The Balaban J connectivity index is 2.73. The number of aromatic nitrogens is 3. The molecule has 1 aromatic heterocycles. The summed E-state index contributed by atoms with van der Waals surface area (Å²) in [6.07, 6.45) is 0.326. The van der Waals surface area contributed by atoms with Crippen molar-refractivity contribution in [1.29, 1.82) is 0 Å². The van der Waals surface area contributed by atoms with Gasteiger partial charge in [0.15, 0.2) is 0 Å². The van der Waals surface area contributed by atoms with E-state index in [0.717, 1.165) is 19.3 Å². The van der Waals surface area contributed by atoms with Crippen LogP contribution in [-0.4, -0.2) is 15.0 Å². The monoisotopic (exact) mass is 218 g/mol. The van der Waals surface area contributed by atoms with Crippen molar-refractivity contribution in [2.24, 2.45) is 5.73 Å². The zero-order valence-corrected chi connectivity index (χ0v) is 8.79. The van der Waals surface area contributed by atoms with Gasteiger partial charge in [0.1, 0.15) is 11.4 Å². The molecule has 0 atom stereocenters. The minimum absolute atomic E-state index is 0.00739. The van der Waals surface area contributed by atoms with Gasteiger partial charge in [-0.25, -0.2) is 13.5 Å². The van der Waals surface area contributed by atoms with E-state index < -0.39 is 6.43 Å². The van der Waals surface area contributed by atoms with Gasteiger partial charge in [0.05, 0.1) is 0 Å². The van der Waals surface area contributed by atoms with E-state index >= 15 is 0 Å². The molecule has 86 valence electrons. The van der Waals surface area contributed by atoms with Crippen LogP contribution >= 0.6 is 0 Å². The normalized spacial score (nSPS) is 11.3. The van der Waals surface area contributed by atoms with Gasteiger partial charge in [-0.3, -0.25) is 0 Å². The summed E-state index contributed by atoms with van der Waals surface area (Å²) in [5.74, 6) is 0. The Labute approximate surface area is 87.5 Å². The van der Waals surface area contributed by atoms with Crippen LogP contribution in [0.2, 0.25) is 0 Å². The molecule has 0 radical (unpaired) electrons. The Kier molecular flexibility index (Phi) is 4.61. The molecule has 0 aliphatic carbocycles. The second-order valence-electron chi connectivity index (χ2n) is 3.36. The molecule has 0 saturated carbocycles. The Morgan fingerprint density at radius 2 is 2.13 bits per heavy atom. The predicted octanol–water partition coefficient (Wildman–Crippen LogP) is 1.86. The number of hydrogen-bond donors (Lipinski definition) is 1. The van der Waals surface area contributed by atoms with Gasteiger partial charge in [0, 0.05) is 13.1 Å². The third-order valence-corrected chi connectivity index (χ3v) is 2.22. The smallest absolute Gasteiger partial charge is 0.281 e. The van der Waals surface area contributed by atoms with Gasteiger partial charge >= 0.3 is 0 Å². The van der Waals surface area contributed by atoms with Crippen LogP contribution in [0.4, 0.5) is 8.78 Å². The summed E-state index contributed by atoms with van der Waals surface area (Å²) in [5.41, 5.74) is 5.37. The molecular formula is C9H16F2N4. The summed E-state index contributed by atoms with van der Waals surface area (Å²) in [6.45, 7) is 2.55. The number of aryl methyl sites for hydroxylation is 1. The number of rotatable bonds is 6. The quantitative estimate of drug-likeness (QED) is 0.741. The molecule has 1 rings (SSSR count). The van der Waals surface area contributed by atoms with Gasteiger partial charge in [-0.05, 0) is 6.42 Å². The van der Waals surface area contributed by atoms with Crippen LogP contribution in [0.25, 0.3) is 0 Å². The third kappa shape index (κ3) is 2.95. The molecule has 4 nitrogen and oxygen atoms in total. The van der Waals surface area contributed by atoms with E-state index in [1.807, 2.05) is 0 Å². The lowest BCUT2D eigenvalue weighted by atomic mass is 10.2. The second-order valence-corrected chi connectivity index (χ2v) is 3.36. The van der Waals surface area contributed by atoms with Gasteiger partial charge in [-0.15, -0.1) is 5.10 Å². The van der Waals surface area contributed by atoms with Crippen molar-refractivity contribution in [2.75, 3.05) is 0 Å². The van der Waals surface area contributed by atoms with Crippen LogP contribution in [0, 0.1) is 0 Å². The van der Waals surface area contributed by atoms with E-state index in [2.05, 4.69) is 17.2 Å². The summed E-state index contributed by atoms with van der Waals surface area (Å²) < 4.78 is 26.6. The molecule has 1 aromatic rings. The van der Waals surface area contributed by atoms with Crippen molar-refractivity contribution < 1.29 is 8.78 Å². The number of nitrogens with two attached hydrogens (primary N) is 1. The van der Waals surface area contributed by atoms with Crippen molar-refractivity contribution >= 4 is 0 Å². The first-order valence-corrected chi connectivity index (χ1v) is 5.11. The Morgan fingerprint density at radius 3 is 2.67 bits per heavy atom. The molecule has 0 saturated heterocycles. The van der Waals surface area contributed by atoms with Gasteiger partial charge in [0.25, 0.3) is 6.43 Å². The fourth-order valence-corrected chi connectivity index (χ4v) is 1.42. The van der Waals surface area contributed by atoms with Crippen LogP contribution in [0.5, 0.6) is 0 Å². The molecule has 2 N–H and O–H groups in total. The lowest BCUT2D eigenvalue weighted by Gasteiger charge is -2.05. The average molecular weight is 218 g/mol. The highest BCUT2D eigenvalue weighted by Gasteiger charge is 2.20. The van der Waals surface area contributed by atoms with E-state index in [1.165, 1.54) is 4.68 Å². The van der Waals surface area contributed by atoms with Gasteiger partial charge in [0.2, 0.25) is 0 Å². The topological polar surface area (TPSA) is 56.7 Å². The maximum absolute atomic E-state index is 12.7. The molecule has 0 fully saturated rings. The van der Waals surface area contributed by atoms with Crippen LogP contribution in [0.3, 0.4) is 0 Å². The molecule has 0 aromatic carbocycles. The molecule has 6 heteroatoms. The van der Waals surface area contributed by atoms with Gasteiger partial charge in [-0.2, -0.15) is 0 Å². The molecule has 15 heavy (non-hydrogen) atoms. The molecule has 0 unspecified atom stereocenters. The first-order valence-electron chi connectivity index (χ1n) is 5.11. The average Bonchev–Trinajstić information content (AvgIpc) is 2.61. The summed E-state index contributed by atoms with van der Waals surface area (Å²) in [5, 5.41) is 7.33. The van der Waals surface area contributed by atoms with E-state index in [0.29, 0.717) is 6.54 Å². The largest absolute Gasteiger partial charge is 0.325 e. The fraction of sp³-hybridized carbons (Fsp3) is 0.778. The minimum atomic E-state index is -2.56. The molecule has 0 aliphatic rings. The summed E-state index contributed by atoms with van der Waals surface area (Å²) in [4.78, 5) is 0.